The van der Waals surface area contributed by atoms with Gasteiger partial charge in [-0.1, -0.05) is 11.6 Å². The number of nitrogens with one attached hydrogen (secondary N) is 4. The number of fused-ring (bicyclic) bond motifs is 1. The smallest absolute Gasteiger partial charge is 0.265 e. The number of anilines is 3. The molecule has 0 unspecified atom stereocenters. The zero-order valence-electron chi connectivity index (χ0n) is 28.0. The zero-order chi connectivity index (χ0) is 38.9. The predicted molar refractivity (Wildman–Crippen MR) is 201 cm³/mol. The van der Waals surface area contributed by atoms with Crippen LogP contribution in [-0.2, 0) is 34.9 Å². The number of aryl methyl sites for hydroxylation is 2. The third-order valence-electron chi connectivity index (χ3n) is 7.37. The minimum absolute atomic E-state index is 0.0682. The summed E-state index contributed by atoms with van der Waals surface area (Å²) >= 11 is 7.00. The van der Waals surface area contributed by atoms with E-state index in [1.165, 1.54) is 61.7 Å². The fraction of sp³-hybridized carbons (Fsp3) is 0.161. The monoisotopic (exact) mass is 823 g/mol. The predicted octanol–water partition coefficient (Wildman–Crippen LogP) is 5.49. The lowest BCUT2D eigenvalue weighted by Crippen LogP contribution is -2.32. The number of hydrogen-bond donors (Lipinski definition) is 6. The molecule has 0 spiro atoms. The van der Waals surface area contributed by atoms with E-state index in [0.717, 1.165) is 35.0 Å². The Morgan fingerprint density at radius 2 is 1.60 bits per heavy atom. The van der Waals surface area contributed by atoms with Gasteiger partial charge in [0.2, 0.25) is 15.9 Å². The van der Waals surface area contributed by atoms with E-state index < -0.39 is 53.2 Å². The van der Waals surface area contributed by atoms with Gasteiger partial charge < -0.3 is 20.3 Å². The van der Waals surface area contributed by atoms with Gasteiger partial charge >= 0.3 is 0 Å². The summed E-state index contributed by atoms with van der Waals surface area (Å²) in [6, 6.07) is 13.1. The van der Waals surface area contributed by atoms with Crippen LogP contribution < -0.4 is 24.2 Å². The number of phenolic OH excluding ortho intramolecular Hbond substituents is 2. The molecule has 4 aromatic carbocycles. The minimum atomic E-state index is -4.40. The van der Waals surface area contributed by atoms with Gasteiger partial charge in [-0.3, -0.25) is 14.2 Å². The van der Waals surface area contributed by atoms with Gasteiger partial charge in [0.05, 0.1) is 58.1 Å². The third kappa shape index (κ3) is 9.30. The number of carbonyl (C=O) groups is 1. The van der Waals surface area contributed by atoms with Crippen LogP contribution in [0.5, 0.6) is 17.2 Å². The first kappa shape index (κ1) is 39.2. The molecular formula is C31H30ClN7O10S4. The second-order valence-corrected chi connectivity index (χ2v) is 17.7. The number of carbonyl (C=O) groups excluding carboxylic acids is 1. The standard InChI is InChI=1S/C31H30ClN7O10S4/c1-16-9-24(26(40)10-17(16)2)39-53(47,48)28-13-18(5-8-27(28)49-3)38-52(45,46)20-6-7-23-21(14-20)31(50-37-23)36-35-19-11-22(32)30(42)25(12-19)34-29(41)15-33-51(4,43)44/h5-14,33,38-40,42H,15H2,1-4H3,(H,34,41). The maximum atomic E-state index is 13.6. The van der Waals surface area contributed by atoms with E-state index in [9.17, 15) is 40.3 Å². The molecule has 0 bridgehead atoms. The number of ether oxygens (including phenoxy) is 1. The first-order valence-corrected chi connectivity index (χ1v) is 20.9. The van der Waals surface area contributed by atoms with Crippen molar-refractivity contribution < 1.29 is 45.0 Å². The fourth-order valence-corrected chi connectivity index (χ4v) is 8.25. The number of hydrogen-bond acceptors (Lipinski definition) is 14. The van der Waals surface area contributed by atoms with Crippen LogP contribution >= 0.6 is 23.1 Å². The lowest BCUT2D eigenvalue weighted by molar-refractivity contribution is -0.115. The molecule has 0 aliphatic carbocycles. The highest BCUT2D eigenvalue weighted by Gasteiger charge is 2.24. The van der Waals surface area contributed by atoms with Crippen LogP contribution in [0.1, 0.15) is 11.1 Å². The number of rotatable bonds is 13. The number of nitrogens with zero attached hydrogens (tertiary/aromatic N) is 3. The molecule has 1 amide bonds. The van der Waals surface area contributed by atoms with Crippen molar-refractivity contribution in [2.45, 2.75) is 23.6 Å². The van der Waals surface area contributed by atoms with Crippen molar-refractivity contribution in [3.8, 4) is 17.2 Å². The number of phenols is 2. The molecule has 17 nitrogen and oxygen atoms in total. The van der Waals surface area contributed by atoms with E-state index in [1.807, 2.05) is 4.72 Å². The quantitative estimate of drug-likeness (QED) is 0.0639. The Hall–Kier alpha value is -5.06. The number of aromatic nitrogens is 1. The van der Waals surface area contributed by atoms with Crippen LogP contribution in [0, 0.1) is 13.8 Å². The van der Waals surface area contributed by atoms with Crippen LogP contribution in [0.2, 0.25) is 5.02 Å². The number of azo groups is 1. The average Bonchev–Trinajstić information content (AvgIpc) is 3.49. The summed E-state index contributed by atoms with van der Waals surface area (Å²) in [4.78, 5) is 11.6. The highest BCUT2D eigenvalue weighted by Crippen LogP contribution is 2.39. The molecular weight excluding hydrogens is 794 g/mol. The van der Waals surface area contributed by atoms with E-state index in [1.54, 1.807) is 13.8 Å². The Kier molecular flexibility index (Phi) is 11.2. The van der Waals surface area contributed by atoms with Crippen LogP contribution in [-0.4, -0.2) is 65.7 Å². The van der Waals surface area contributed by atoms with Crippen molar-refractivity contribution in [2.24, 2.45) is 10.2 Å². The molecule has 22 heteroatoms. The number of halogens is 1. The van der Waals surface area contributed by atoms with Crippen LogP contribution in [0.4, 0.5) is 27.8 Å². The van der Waals surface area contributed by atoms with Gasteiger partial charge in [0, 0.05) is 5.39 Å². The third-order valence-corrected chi connectivity index (χ3v) is 11.9. The van der Waals surface area contributed by atoms with Crippen molar-refractivity contribution in [3.05, 3.63) is 76.8 Å². The van der Waals surface area contributed by atoms with Crippen molar-refractivity contribution >= 4 is 97.8 Å². The van der Waals surface area contributed by atoms with Gasteiger partial charge in [-0.2, -0.15) is 4.37 Å². The first-order valence-electron chi connectivity index (χ1n) is 14.9. The number of methoxy groups -OCH3 is 1. The van der Waals surface area contributed by atoms with Crippen LogP contribution in [0.3, 0.4) is 0 Å². The second kappa shape index (κ2) is 15.1. The fourth-order valence-electron chi connectivity index (χ4n) is 4.63. The molecule has 1 aromatic heterocycles. The van der Waals surface area contributed by atoms with E-state index in [0.29, 0.717) is 10.9 Å². The molecule has 0 saturated heterocycles. The largest absolute Gasteiger partial charge is 0.506 e. The molecule has 0 aliphatic rings. The number of amides is 1. The summed E-state index contributed by atoms with van der Waals surface area (Å²) in [7, 11) is -11.1. The van der Waals surface area contributed by atoms with Gasteiger partial charge in [0.15, 0.2) is 10.8 Å². The van der Waals surface area contributed by atoms with Crippen LogP contribution in [0.25, 0.3) is 10.9 Å². The maximum Gasteiger partial charge on any atom is 0.265 e. The minimum Gasteiger partial charge on any atom is -0.506 e. The van der Waals surface area contributed by atoms with Gasteiger partial charge in [-0.05, 0) is 97.2 Å². The highest BCUT2D eigenvalue weighted by atomic mass is 35.5. The summed E-state index contributed by atoms with van der Waals surface area (Å²) in [5.74, 6) is -1.68. The molecule has 5 rings (SSSR count). The summed E-state index contributed by atoms with van der Waals surface area (Å²) in [6.07, 6.45) is 0.875. The highest BCUT2D eigenvalue weighted by molar-refractivity contribution is 7.93. The Bertz CT molecular complexity index is 2630. The van der Waals surface area contributed by atoms with Crippen LogP contribution in [0.15, 0.2) is 80.7 Å². The summed E-state index contributed by atoms with van der Waals surface area (Å²) < 4.78 is 92.8. The summed E-state index contributed by atoms with van der Waals surface area (Å²) in [5.41, 5.74) is 1.56. The van der Waals surface area contributed by atoms with Crippen molar-refractivity contribution in [1.82, 2.24) is 9.10 Å². The molecule has 0 fully saturated rings. The van der Waals surface area contributed by atoms with E-state index in [4.69, 9.17) is 16.3 Å². The lowest BCUT2D eigenvalue weighted by Gasteiger charge is -2.15. The van der Waals surface area contributed by atoms with E-state index in [-0.39, 0.29) is 49.2 Å². The molecule has 0 saturated carbocycles. The Morgan fingerprint density at radius 1 is 0.887 bits per heavy atom. The molecule has 53 heavy (non-hydrogen) atoms. The Balaban J connectivity index is 1.40. The average molecular weight is 824 g/mol. The number of benzene rings is 4. The van der Waals surface area contributed by atoms with E-state index >= 15 is 0 Å². The van der Waals surface area contributed by atoms with Crippen molar-refractivity contribution in [3.63, 3.8) is 0 Å². The summed E-state index contributed by atoms with van der Waals surface area (Å²) in [6.45, 7) is 2.89. The Morgan fingerprint density at radius 3 is 2.30 bits per heavy atom. The topological polar surface area (TPSA) is 255 Å². The summed E-state index contributed by atoms with van der Waals surface area (Å²) in [5, 5.41) is 31.5. The molecule has 0 atom stereocenters. The second-order valence-electron chi connectivity index (χ2n) is 11.4. The molecule has 0 aliphatic heterocycles. The number of sulfonamides is 3. The van der Waals surface area contributed by atoms with Gasteiger partial charge in [0.1, 0.15) is 16.4 Å². The van der Waals surface area contributed by atoms with Gasteiger partial charge in [-0.15, -0.1) is 10.2 Å². The van der Waals surface area contributed by atoms with Gasteiger partial charge in [-0.25, -0.2) is 30.0 Å². The molecule has 1 heterocycles. The van der Waals surface area contributed by atoms with Crippen molar-refractivity contribution in [1.29, 1.82) is 0 Å². The molecule has 0 radical (unpaired) electrons. The zero-order valence-corrected chi connectivity index (χ0v) is 32.0. The molecule has 280 valence electrons. The molecule has 6 N–H and O–H groups in total. The Labute approximate surface area is 313 Å². The maximum absolute atomic E-state index is 13.6. The lowest BCUT2D eigenvalue weighted by atomic mass is 10.1. The first-order chi connectivity index (χ1) is 24.8. The number of aromatic hydroxyl groups is 2. The molecule has 5 aromatic rings. The SMILES string of the molecule is COc1ccc(NS(=O)(=O)c2ccc3nsc(N=Nc4cc(Cl)c(O)c(NC(=O)CNS(C)(=O)=O)c4)c3c2)cc1S(=O)(=O)Nc1cc(C)c(C)cc1O. The van der Waals surface area contributed by atoms with E-state index in [2.05, 4.69) is 29.4 Å². The van der Waals surface area contributed by atoms with Crippen molar-refractivity contribution in [2.75, 3.05) is 34.7 Å². The normalized spacial score (nSPS) is 12.2. The van der Waals surface area contributed by atoms with Gasteiger partial charge in [0.25, 0.3) is 20.0 Å².